The number of hydrogen-bond acceptors (Lipinski definition) is 4. The van der Waals surface area contributed by atoms with Crippen molar-refractivity contribution in [1.82, 2.24) is 25.5 Å². The van der Waals surface area contributed by atoms with E-state index in [1.807, 2.05) is 0 Å². The molecule has 0 atom stereocenters. The number of nitrogens with one attached hydrogen (secondary N) is 1. The lowest BCUT2D eigenvalue weighted by Crippen LogP contribution is -2.21. The minimum absolute atomic E-state index is 0.513. The maximum Gasteiger partial charge on any atom is 0.165 e. The van der Waals surface area contributed by atoms with Crippen LogP contribution in [0.2, 0.25) is 0 Å². The zero-order valence-electron chi connectivity index (χ0n) is 11.4. The Balaban J connectivity index is 1.95. The molecule has 1 N–H and O–H groups in total. The van der Waals surface area contributed by atoms with Crippen LogP contribution in [0.3, 0.4) is 0 Å². The van der Waals surface area contributed by atoms with Crippen LogP contribution >= 0.6 is 0 Å². The van der Waals surface area contributed by atoms with Crippen molar-refractivity contribution in [2.24, 2.45) is 0 Å². The zero-order valence-corrected chi connectivity index (χ0v) is 11.4. The molecule has 0 saturated heterocycles. The van der Waals surface area contributed by atoms with Gasteiger partial charge >= 0.3 is 0 Å². The van der Waals surface area contributed by atoms with Crippen LogP contribution in [0.1, 0.15) is 70.2 Å². The summed E-state index contributed by atoms with van der Waals surface area (Å²) in [4.78, 5) is 0. The van der Waals surface area contributed by atoms with Crippen LogP contribution in [-0.2, 0) is 6.54 Å². The van der Waals surface area contributed by atoms with E-state index in [0.29, 0.717) is 6.04 Å². The fourth-order valence-electron chi connectivity index (χ4n) is 2.67. The van der Waals surface area contributed by atoms with Gasteiger partial charge in [-0.3, -0.25) is 0 Å². The van der Waals surface area contributed by atoms with Gasteiger partial charge in [0.05, 0.1) is 12.6 Å². The van der Waals surface area contributed by atoms with Gasteiger partial charge in [0.2, 0.25) is 0 Å². The van der Waals surface area contributed by atoms with Gasteiger partial charge in [-0.05, 0) is 36.2 Å². The molecule has 0 bridgehead atoms. The van der Waals surface area contributed by atoms with E-state index < -0.39 is 0 Å². The van der Waals surface area contributed by atoms with Crippen molar-refractivity contribution >= 4 is 0 Å². The highest BCUT2D eigenvalue weighted by Crippen LogP contribution is 2.26. The van der Waals surface area contributed by atoms with Crippen LogP contribution in [0, 0.1) is 0 Å². The van der Waals surface area contributed by atoms with E-state index in [2.05, 4.69) is 32.4 Å². The predicted octanol–water partition coefficient (Wildman–Crippen LogP) is 2.46. The summed E-state index contributed by atoms with van der Waals surface area (Å²) in [5.74, 6) is 0.994. The summed E-state index contributed by atoms with van der Waals surface area (Å²) in [7, 11) is 0. The van der Waals surface area contributed by atoms with E-state index in [1.54, 1.807) is 0 Å². The van der Waals surface area contributed by atoms with Gasteiger partial charge in [-0.15, -0.1) is 5.10 Å². The molecule has 0 aromatic carbocycles. The highest BCUT2D eigenvalue weighted by molar-refractivity contribution is 4.84. The zero-order chi connectivity index (χ0) is 12.6. The summed E-state index contributed by atoms with van der Waals surface area (Å²) in [6, 6.07) is 0.513. The molecule has 1 saturated carbocycles. The molecule has 1 fully saturated rings. The van der Waals surface area contributed by atoms with Crippen LogP contribution in [0.5, 0.6) is 0 Å². The molecule has 1 aromatic heterocycles. The second kappa shape index (κ2) is 7.46. The van der Waals surface area contributed by atoms with Gasteiger partial charge < -0.3 is 5.32 Å². The molecule has 18 heavy (non-hydrogen) atoms. The highest BCUT2D eigenvalue weighted by Gasteiger charge is 2.17. The lowest BCUT2D eigenvalue weighted by molar-refractivity contribution is 0.332. The Morgan fingerprint density at radius 1 is 1.17 bits per heavy atom. The third-order valence-corrected chi connectivity index (χ3v) is 3.69. The van der Waals surface area contributed by atoms with Crippen LogP contribution in [0.25, 0.3) is 0 Å². The van der Waals surface area contributed by atoms with Gasteiger partial charge in [0.25, 0.3) is 0 Å². The minimum Gasteiger partial charge on any atom is -0.310 e. The Bertz CT molecular complexity index is 328. The van der Waals surface area contributed by atoms with Gasteiger partial charge in [0, 0.05) is 0 Å². The number of hydrogen-bond donors (Lipinski definition) is 1. The standard InChI is InChI=1S/C13H25N5/c1-2-10-14-11-13-15-16-17-18(13)12-8-6-4-3-5-7-9-12/h12,14H,2-11H2,1H3. The largest absolute Gasteiger partial charge is 0.310 e. The molecule has 0 unspecified atom stereocenters. The fourth-order valence-corrected chi connectivity index (χ4v) is 2.67. The van der Waals surface area contributed by atoms with E-state index in [9.17, 15) is 0 Å². The Morgan fingerprint density at radius 2 is 1.89 bits per heavy atom. The van der Waals surface area contributed by atoms with Gasteiger partial charge in [-0.2, -0.15) is 0 Å². The van der Waals surface area contributed by atoms with E-state index in [-0.39, 0.29) is 0 Å². The molecule has 1 aliphatic rings. The second-order valence-electron chi connectivity index (χ2n) is 5.22. The van der Waals surface area contributed by atoms with E-state index in [1.165, 1.54) is 44.9 Å². The molecular formula is C13H25N5. The molecule has 0 radical (unpaired) electrons. The van der Waals surface area contributed by atoms with Crippen molar-refractivity contribution in [2.45, 2.75) is 70.9 Å². The molecule has 5 heteroatoms. The maximum atomic E-state index is 4.21. The fraction of sp³-hybridized carbons (Fsp3) is 0.923. The van der Waals surface area contributed by atoms with Crippen molar-refractivity contribution in [1.29, 1.82) is 0 Å². The van der Waals surface area contributed by atoms with Crippen molar-refractivity contribution in [3.05, 3.63) is 5.82 Å². The Hall–Kier alpha value is -0.970. The molecule has 0 amide bonds. The SMILES string of the molecule is CCCNCc1nnnn1C1CCCCCCC1. The van der Waals surface area contributed by atoms with Crippen molar-refractivity contribution in [2.75, 3.05) is 6.54 Å². The average Bonchev–Trinajstić information content (AvgIpc) is 2.77. The first kappa shape index (κ1) is 13.5. The summed E-state index contributed by atoms with van der Waals surface area (Å²) in [6.07, 6.45) is 10.3. The lowest BCUT2D eigenvalue weighted by Gasteiger charge is -2.20. The molecule has 1 heterocycles. The van der Waals surface area contributed by atoms with E-state index in [4.69, 9.17) is 0 Å². The molecule has 0 aliphatic heterocycles. The topological polar surface area (TPSA) is 55.6 Å². The summed E-state index contributed by atoms with van der Waals surface area (Å²) < 4.78 is 2.06. The number of tetrazole rings is 1. The summed E-state index contributed by atoms with van der Waals surface area (Å²) >= 11 is 0. The lowest BCUT2D eigenvalue weighted by atomic mass is 9.97. The van der Waals surface area contributed by atoms with Gasteiger partial charge in [0.1, 0.15) is 0 Å². The second-order valence-corrected chi connectivity index (χ2v) is 5.22. The third-order valence-electron chi connectivity index (χ3n) is 3.69. The quantitative estimate of drug-likeness (QED) is 0.817. The van der Waals surface area contributed by atoms with E-state index >= 15 is 0 Å². The molecular weight excluding hydrogens is 226 g/mol. The Labute approximate surface area is 109 Å². The Morgan fingerprint density at radius 3 is 2.61 bits per heavy atom. The first-order valence-corrected chi connectivity index (χ1v) is 7.39. The van der Waals surface area contributed by atoms with Crippen LogP contribution in [0.4, 0.5) is 0 Å². The monoisotopic (exact) mass is 251 g/mol. The van der Waals surface area contributed by atoms with Crippen molar-refractivity contribution < 1.29 is 0 Å². The third kappa shape index (κ3) is 3.77. The molecule has 0 spiro atoms. The minimum atomic E-state index is 0.513. The van der Waals surface area contributed by atoms with Crippen LogP contribution in [0.15, 0.2) is 0 Å². The smallest absolute Gasteiger partial charge is 0.165 e. The van der Waals surface area contributed by atoms with E-state index in [0.717, 1.165) is 25.3 Å². The number of aromatic nitrogens is 4. The van der Waals surface area contributed by atoms with Crippen LogP contribution in [-0.4, -0.2) is 26.8 Å². The van der Waals surface area contributed by atoms with Gasteiger partial charge in [-0.25, -0.2) is 4.68 Å². The van der Waals surface area contributed by atoms with Gasteiger partial charge in [0.15, 0.2) is 5.82 Å². The van der Waals surface area contributed by atoms with Gasteiger partial charge in [-0.1, -0.05) is 39.0 Å². The average molecular weight is 251 g/mol. The van der Waals surface area contributed by atoms with Crippen molar-refractivity contribution in [3.8, 4) is 0 Å². The number of nitrogens with zero attached hydrogens (tertiary/aromatic N) is 4. The summed E-state index contributed by atoms with van der Waals surface area (Å²) in [6.45, 7) is 3.99. The molecule has 2 rings (SSSR count). The maximum absolute atomic E-state index is 4.21. The molecule has 102 valence electrons. The predicted molar refractivity (Wildman–Crippen MR) is 71.2 cm³/mol. The van der Waals surface area contributed by atoms with Crippen molar-refractivity contribution in [3.63, 3.8) is 0 Å². The number of rotatable bonds is 5. The first-order chi connectivity index (χ1) is 8.92. The summed E-state index contributed by atoms with van der Waals surface area (Å²) in [5.41, 5.74) is 0. The molecule has 5 nitrogen and oxygen atoms in total. The normalized spacial score (nSPS) is 18.5. The molecule has 1 aromatic rings. The highest BCUT2D eigenvalue weighted by atomic mass is 15.6. The Kier molecular flexibility index (Phi) is 5.58. The van der Waals surface area contributed by atoms with Crippen LogP contribution < -0.4 is 5.32 Å². The first-order valence-electron chi connectivity index (χ1n) is 7.39. The summed E-state index contributed by atoms with van der Waals surface area (Å²) in [5, 5.41) is 15.6. The molecule has 1 aliphatic carbocycles.